The molecule has 0 aliphatic rings. The summed E-state index contributed by atoms with van der Waals surface area (Å²) < 4.78 is 1.01. The fraction of sp³-hybridized carbons (Fsp3) is 0.176. The summed E-state index contributed by atoms with van der Waals surface area (Å²) in [6, 6.07) is 11.5. The van der Waals surface area contributed by atoms with Gasteiger partial charge in [0, 0.05) is 27.9 Å². The number of carbonyl (C=O) groups excluding carboxylic acids is 2. The first-order valence-electron chi connectivity index (χ1n) is 7.02. The van der Waals surface area contributed by atoms with Crippen LogP contribution in [0, 0.1) is 0 Å². The van der Waals surface area contributed by atoms with Crippen molar-refractivity contribution in [1.29, 1.82) is 0 Å². The summed E-state index contributed by atoms with van der Waals surface area (Å²) in [5.74, 6) is -0.412. The minimum absolute atomic E-state index is 0.0129. The Labute approximate surface area is 147 Å². The summed E-state index contributed by atoms with van der Waals surface area (Å²) in [6.07, 6.45) is 3.14. The predicted molar refractivity (Wildman–Crippen MR) is 97.0 cm³/mol. The largest absolute Gasteiger partial charge is 0.343 e. The lowest BCUT2D eigenvalue weighted by Gasteiger charge is -2.16. The van der Waals surface area contributed by atoms with E-state index in [1.807, 2.05) is 41.8 Å². The summed E-state index contributed by atoms with van der Waals surface area (Å²) in [4.78, 5) is 26.4. The van der Waals surface area contributed by atoms with Crippen molar-refractivity contribution in [2.24, 2.45) is 0 Å². The second-order valence-electron chi connectivity index (χ2n) is 4.94. The van der Waals surface area contributed by atoms with E-state index in [4.69, 9.17) is 0 Å². The van der Waals surface area contributed by atoms with Gasteiger partial charge in [-0.3, -0.25) is 9.59 Å². The Balaban J connectivity index is 1.77. The maximum absolute atomic E-state index is 12.0. The van der Waals surface area contributed by atoms with Crippen molar-refractivity contribution in [3.8, 4) is 0 Å². The number of carbonyl (C=O) groups is 2. The Morgan fingerprint density at radius 1 is 1.30 bits per heavy atom. The average Bonchev–Trinajstić information content (AvgIpc) is 2.96. The molecule has 1 aromatic heterocycles. The molecule has 0 bridgehead atoms. The number of nitrogens with zero attached hydrogens (tertiary/aromatic N) is 1. The molecule has 0 unspecified atom stereocenters. The smallest absolute Gasteiger partial charge is 0.244 e. The highest BCUT2D eigenvalue weighted by Crippen LogP contribution is 2.20. The van der Waals surface area contributed by atoms with Crippen LogP contribution in [0.1, 0.15) is 10.4 Å². The number of likely N-dealkylation sites (N-methyl/N-ethyl adjacent to an activating group) is 1. The van der Waals surface area contributed by atoms with Crippen LogP contribution in [0.15, 0.2) is 52.3 Å². The molecule has 1 N–H and O–H groups in total. The van der Waals surface area contributed by atoms with Crippen LogP contribution in [0.2, 0.25) is 0 Å². The van der Waals surface area contributed by atoms with E-state index < -0.39 is 0 Å². The number of nitrogens with one attached hydrogen (secondary N) is 1. The molecule has 4 nitrogen and oxygen atoms in total. The van der Waals surface area contributed by atoms with Gasteiger partial charge in [-0.15, -0.1) is 11.3 Å². The van der Waals surface area contributed by atoms with Crippen molar-refractivity contribution in [1.82, 2.24) is 10.2 Å². The van der Waals surface area contributed by atoms with Crippen molar-refractivity contribution in [2.45, 2.75) is 6.54 Å². The maximum Gasteiger partial charge on any atom is 0.244 e. The summed E-state index contributed by atoms with van der Waals surface area (Å²) in [5.41, 5.74) is 0.939. The molecule has 0 spiro atoms. The van der Waals surface area contributed by atoms with Gasteiger partial charge in [0.1, 0.15) is 0 Å². The molecule has 0 atom stereocenters. The molecule has 0 radical (unpaired) electrons. The van der Waals surface area contributed by atoms with Gasteiger partial charge in [0.05, 0.1) is 13.1 Å². The molecule has 120 valence electrons. The summed E-state index contributed by atoms with van der Waals surface area (Å²) >= 11 is 4.97. The van der Waals surface area contributed by atoms with Gasteiger partial charge in [-0.2, -0.15) is 0 Å². The van der Waals surface area contributed by atoms with E-state index in [0.29, 0.717) is 6.54 Å². The van der Waals surface area contributed by atoms with Gasteiger partial charge in [0.25, 0.3) is 0 Å². The van der Waals surface area contributed by atoms with E-state index in [0.717, 1.165) is 14.9 Å². The lowest BCUT2D eigenvalue weighted by molar-refractivity contribution is -0.131. The van der Waals surface area contributed by atoms with Crippen molar-refractivity contribution in [3.63, 3.8) is 0 Å². The first-order chi connectivity index (χ1) is 11.0. The van der Waals surface area contributed by atoms with E-state index in [1.165, 1.54) is 6.08 Å². The van der Waals surface area contributed by atoms with Crippen LogP contribution in [0.25, 0.3) is 6.08 Å². The topological polar surface area (TPSA) is 49.4 Å². The Morgan fingerprint density at radius 3 is 2.70 bits per heavy atom. The van der Waals surface area contributed by atoms with E-state index in [-0.39, 0.29) is 18.4 Å². The Hall–Kier alpha value is -1.92. The van der Waals surface area contributed by atoms with Crippen LogP contribution in [-0.2, 0) is 16.1 Å². The van der Waals surface area contributed by atoms with Gasteiger partial charge in [0.15, 0.2) is 0 Å². The third-order valence-corrected chi connectivity index (χ3v) is 4.76. The number of halogens is 1. The SMILES string of the molecule is CN(Cc1cc(Br)cs1)C(=O)CNC(=O)/C=C/c1ccccc1. The lowest BCUT2D eigenvalue weighted by Crippen LogP contribution is -2.37. The molecule has 0 saturated heterocycles. The van der Waals surface area contributed by atoms with Gasteiger partial charge < -0.3 is 10.2 Å². The maximum atomic E-state index is 12.0. The zero-order valence-electron chi connectivity index (χ0n) is 12.7. The number of thiophene rings is 1. The van der Waals surface area contributed by atoms with Gasteiger partial charge in [-0.1, -0.05) is 30.3 Å². The minimum Gasteiger partial charge on any atom is -0.343 e. The van der Waals surface area contributed by atoms with Gasteiger partial charge in [0.2, 0.25) is 11.8 Å². The molecule has 1 heterocycles. The first-order valence-corrected chi connectivity index (χ1v) is 8.69. The molecular weight excluding hydrogens is 376 g/mol. The molecule has 6 heteroatoms. The summed E-state index contributed by atoms with van der Waals surface area (Å²) in [7, 11) is 1.72. The molecule has 0 aliphatic carbocycles. The van der Waals surface area contributed by atoms with Crippen molar-refractivity contribution >= 4 is 45.2 Å². The highest BCUT2D eigenvalue weighted by molar-refractivity contribution is 9.10. The normalized spacial score (nSPS) is 10.7. The highest BCUT2D eigenvalue weighted by Gasteiger charge is 2.11. The predicted octanol–water partition coefficient (Wildman–Crippen LogP) is 3.30. The highest BCUT2D eigenvalue weighted by atomic mass is 79.9. The fourth-order valence-corrected chi connectivity index (χ4v) is 3.35. The molecular formula is C17H17BrN2O2S. The van der Waals surface area contributed by atoms with Crippen LogP contribution in [0.4, 0.5) is 0 Å². The van der Waals surface area contributed by atoms with Gasteiger partial charge in [-0.05, 0) is 33.6 Å². The Bertz CT molecular complexity index is 698. The first kappa shape index (κ1) is 17.4. The monoisotopic (exact) mass is 392 g/mol. The average molecular weight is 393 g/mol. The van der Waals surface area contributed by atoms with E-state index >= 15 is 0 Å². The Kier molecular flexibility index (Phi) is 6.55. The van der Waals surface area contributed by atoms with E-state index in [1.54, 1.807) is 29.4 Å². The van der Waals surface area contributed by atoms with Crippen molar-refractivity contribution in [2.75, 3.05) is 13.6 Å². The molecule has 0 aliphatic heterocycles. The van der Waals surface area contributed by atoms with Crippen molar-refractivity contribution in [3.05, 3.63) is 62.8 Å². The van der Waals surface area contributed by atoms with Crippen LogP contribution < -0.4 is 5.32 Å². The molecule has 1 aromatic carbocycles. The third kappa shape index (κ3) is 6.00. The molecule has 2 aromatic rings. The number of rotatable bonds is 6. The second kappa shape index (κ2) is 8.64. The van der Waals surface area contributed by atoms with Gasteiger partial charge in [-0.25, -0.2) is 0 Å². The number of hydrogen-bond donors (Lipinski definition) is 1. The molecule has 0 saturated carbocycles. The minimum atomic E-state index is -0.283. The zero-order chi connectivity index (χ0) is 16.7. The molecule has 2 rings (SSSR count). The zero-order valence-corrected chi connectivity index (χ0v) is 15.1. The van der Waals surface area contributed by atoms with Crippen LogP contribution in [-0.4, -0.2) is 30.3 Å². The quantitative estimate of drug-likeness (QED) is 0.766. The van der Waals surface area contributed by atoms with Crippen molar-refractivity contribution < 1.29 is 9.59 Å². The molecule has 2 amide bonds. The summed E-state index contributed by atoms with van der Waals surface area (Å²) in [6.45, 7) is 0.520. The lowest BCUT2D eigenvalue weighted by atomic mass is 10.2. The van der Waals surface area contributed by atoms with Gasteiger partial charge >= 0.3 is 0 Å². The summed E-state index contributed by atoms with van der Waals surface area (Å²) in [5, 5.41) is 4.58. The van der Waals surface area contributed by atoms with E-state index in [2.05, 4.69) is 21.2 Å². The molecule has 23 heavy (non-hydrogen) atoms. The van der Waals surface area contributed by atoms with Crippen LogP contribution >= 0.6 is 27.3 Å². The molecule has 0 fully saturated rings. The number of benzene rings is 1. The fourth-order valence-electron chi connectivity index (χ4n) is 1.85. The standard InChI is InChI=1S/C17H17BrN2O2S/c1-20(11-15-9-14(18)12-23-15)17(22)10-19-16(21)8-7-13-5-3-2-4-6-13/h2-9,12H,10-11H2,1H3,(H,19,21)/b8-7+. The third-order valence-electron chi connectivity index (χ3n) is 3.08. The Morgan fingerprint density at radius 2 is 2.04 bits per heavy atom. The van der Waals surface area contributed by atoms with Crippen LogP contribution in [0.3, 0.4) is 0 Å². The number of amides is 2. The van der Waals surface area contributed by atoms with Crippen LogP contribution in [0.5, 0.6) is 0 Å². The second-order valence-corrected chi connectivity index (χ2v) is 6.85. The number of hydrogen-bond acceptors (Lipinski definition) is 3. The van der Waals surface area contributed by atoms with E-state index in [9.17, 15) is 9.59 Å².